The van der Waals surface area contributed by atoms with Crippen molar-refractivity contribution in [2.24, 2.45) is 0 Å². The normalized spacial score (nSPS) is 20.6. The largest absolute Gasteiger partial charge is 0.366 e. The number of hydrogen-bond donors (Lipinski definition) is 0. The molecule has 1 unspecified atom stereocenters. The number of anilines is 1. The lowest BCUT2D eigenvalue weighted by molar-refractivity contribution is 0.112. The van der Waals surface area contributed by atoms with E-state index in [9.17, 15) is 14.0 Å². The summed E-state index contributed by atoms with van der Waals surface area (Å²) in [4.78, 5) is 28.6. The van der Waals surface area contributed by atoms with Crippen molar-refractivity contribution < 1.29 is 13.6 Å². The van der Waals surface area contributed by atoms with Crippen molar-refractivity contribution in [2.75, 3.05) is 50.6 Å². The molecule has 3 heterocycles. The van der Waals surface area contributed by atoms with Crippen molar-refractivity contribution in [1.29, 1.82) is 0 Å². The average molecular weight is 379 g/mol. The molecule has 1 fully saturated rings. The molecule has 0 saturated carbocycles. The van der Waals surface area contributed by atoms with Gasteiger partial charge in [0, 0.05) is 38.1 Å². The van der Waals surface area contributed by atoms with Gasteiger partial charge in [-0.15, -0.1) is 11.8 Å². The molecule has 0 aliphatic carbocycles. The Labute approximate surface area is 153 Å². The molecular weight excluding hydrogens is 360 g/mol. The molecule has 2 aliphatic rings. The van der Waals surface area contributed by atoms with E-state index in [0.29, 0.717) is 41.2 Å². The first kappa shape index (κ1) is 17.5. The van der Waals surface area contributed by atoms with E-state index in [-0.39, 0.29) is 10.9 Å². The average Bonchev–Trinajstić information content (AvgIpc) is 2.65. The van der Waals surface area contributed by atoms with Crippen LogP contribution in [-0.2, 0) is 0 Å². The van der Waals surface area contributed by atoms with E-state index in [1.54, 1.807) is 4.57 Å². The Bertz CT molecular complexity index is 938. The summed E-state index contributed by atoms with van der Waals surface area (Å²) in [6.45, 7) is 2.42. The molecule has 1 saturated heterocycles. The lowest BCUT2D eigenvalue weighted by atomic mass is 10.1. The molecule has 0 amide bonds. The smallest absolute Gasteiger partial charge is 0.200 e. The molecule has 4 rings (SSSR count). The van der Waals surface area contributed by atoms with Crippen LogP contribution in [0.3, 0.4) is 0 Å². The summed E-state index contributed by atoms with van der Waals surface area (Å²) in [6, 6.07) is 0.736. The number of alkyl halides is 1. The van der Waals surface area contributed by atoms with Crippen molar-refractivity contribution in [2.45, 2.75) is 10.9 Å². The molecule has 26 heavy (non-hydrogen) atoms. The van der Waals surface area contributed by atoms with Crippen molar-refractivity contribution in [3.05, 3.63) is 33.9 Å². The molecule has 0 radical (unpaired) electrons. The fraction of sp³-hybridized carbons (Fsp3) is 0.444. The van der Waals surface area contributed by atoms with Crippen molar-refractivity contribution in [3.63, 3.8) is 0 Å². The molecule has 0 spiro atoms. The highest BCUT2D eigenvalue weighted by Crippen LogP contribution is 2.44. The standard InChI is InChI=1S/C18H19F2N3O2S/c1-21-2-4-22(5-3-21)16-14(20)6-13-15-18(16)26-10-12(7-19)23(15)8-11(9-24)17(13)25/h6,8-9,12H,2-5,7,10H2,1H3. The Morgan fingerprint density at radius 3 is 2.69 bits per heavy atom. The van der Waals surface area contributed by atoms with Crippen molar-refractivity contribution in [1.82, 2.24) is 9.47 Å². The van der Waals surface area contributed by atoms with Crippen LogP contribution in [0.2, 0.25) is 0 Å². The number of pyridine rings is 1. The fourth-order valence-corrected chi connectivity index (χ4v) is 5.00. The number of aromatic nitrogens is 1. The highest BCUT2D eigenvalue weighted by Gasteiger charge is 2.30. The minimum absolute atomic E-state index is 0.0689. The van der Waals surface area contributed by atoms with E-state index in [2.05, 4.69) is 4.90 Å². The third-order valence-corrected chi connectivity index (χ3v) is 6.39. The summed E-state index contributed by atoms with van der Waals surface area (Å²) in [5.74, 6) is -0.0285. The number of nitrogens with zero attached hydrogens (tertiary/aromatic N) is 3. The lowest BCUT2D eigenvalue weighted by Crippen LogP contribution is -2.45. The predicted octanol–water partition coefficient (Wildman–Crippen LogP) is 2.32. The van der Waals surface area contributed by atoms with E-state index in [1.807, 2.05) is 11.9 Å². The number of hydrogen-bond acceptors (Lipinski definition) is 5. The van der Waals surface area contributed by atoms with Gasteiger partial charge < -0.3 is 14.4 Å². The zero-order valence-electron chi connectivity index (χ0n) is 14.4. The van der Waals surface area contributed by atoms with E-state index in [1.165, 1.54) is 24.0 Å². The van der Waals surface area contributed by atoms with Gasteiger partial charge in [-0.1, -0.05) is 0 Å². The first-order chi connectivity index (χ1) is 12.5. The van der Waals surface area contributed by atoms with Crippen LogP contribution in [0.15, 0.2) is 22.0 Å². The number of aldehydes is 1. The Morgan fingerprint density at radius 2 is 2.04 bits per heavy atom. The summed E-state index contributed by atoms with van der Waals surface area (Å²) in [7, 11) is 2.03. The van der Waals surface area contributed by atoms with Crippen LogP contribution in [0.1, 0.15) is 16.4 Å². The number of thioether (sulfide) groups is 1. The second-order valence-electron chi connectivity index (χ2n) is 6.78. The fourth-order valence-electron chi connectivity index (χ4n) is 3.68. The van der Waals surface area contributed by atoms with Gasteiger partial charge in [-0.3, -0.25) is 9.59 Å². The molecular formula is C18H19F2N3O2S. The zero-order valence-corrected chi connectivity index (χ0v) is 15.2. The van der Waals surface area contributed by atoms with Crippen molar-refractivity contribution in [3.8, 4) is 0 Å². The number of carbonyl (C=O) groups is 1. The Morgan fingerprint density at radius 1 is 1.31 bits per heavy atom. The zero-order chi connectivity index (χ0) is 18.4. The number of halogens is 2. The Hall–Kier alpha value is -1.93. The maximum Gasteiger partial charge on any atom is 0.200 e. The van der Waals surface area contributed by atoms with Crippen LogP contribution in [0.4, 0.5) is 14.5 Å². The molecule has 5 nitrogen and oxygen atoms in total. The Balaban J connectivity index is 2.00. The number of carbonyl (C=O) groups excluding carboxylic acids is 1. The number of likely N-dealkylation sites (N-methyl/N-ethyl adjacent to an activating group) is 1. The van der Waals surface area contributed by atoms with Gasteiger partial charge in [-0.25, -0.2) is 8.78 Å². The summed E-state index contributed by atoms with van der Waals surface area (Å²) < 4.78 is 30.2. The van der Waals surface area contributed by atoms with Gasteiger partial charge in [-0.2, -0.15) is 0 Å². The molecule has 1 atom stereocenters. The third kappa shape index (κ3) is 2.63. The third-order valence-electron chi connectivity index (χ3n) is 5.16. The summed E-state index contributed by atoms with van der Waals surface area (Å²) in [5.41, 5.74) is 0.451. The minimum atomic E-state index is -0.607. The van der Waals surface area contributed by atoms with Crippen LogP contribution < -0.4 is 10.3 Å². The molecule has 8 heteroatoms. The quantitative estimate of drug-likeness (QED) is 0.766. The number of piperazine rings is 1. The second kappa shape index (κ2) is 6.66. The Kier molecular flexibility index (Phi) is 4.48. The summed E-state index contributed by atoms with van der Waals surface area (Å²) in [6.07, 6.45) is 1.87. The second-order valence-corrected chi connectivity index (χ2v) is 7.81. The van der Waals surface area contributed by atoms with Crippen LogP contribution in [0.5, 0.6) is 0 Å². The van der Waals surface area contributed by atoms with E-state index in [4.69, 9.17) is 0 Å². The highest BCUT2D eigenvalue weighted by molar-refractivity contribution is 7.99. The van der Waals surface area contributed by atoms with Crippen LogP contribution in [-0.4, -0.2) is 61.4 Å². The lowest BCUT2D eigenvalue weighted by Gasteiger charge is -2.37. The molecule has 1 aromatic carbocycles. The van der Waals surface area contributed by atoms with Crippen LogP contribution >= 0.6 is 11.8 Å². The highest BCUT2D eigenvalue weighted by atomic mass is 32.2. The molecule has 0 bridgehead atoms. The summed E-state index contributed by atoms with van der Waals surface area (Å²) >= 11 is 1.39. The number of rotatable bonds is 3. The first-order valence-electron chi connectivity index (χ1n) is 8.54. The van der Waals surface area contributed by atoms with E-state index >= 15 is 4.39 Å². The van der Waals surface area contributed by atoms with Gasteiger partial charge in [0.2, 0.25) is 0 Å². The molecule has 2 aliphatic heterocycles. The molecule has 1 aromatic heterocycles. The van der Waals surface area contributed by atoms with Crippen molar-refractivity contribution >= 4 is 34.6 Å². The van der Waals surface area contributed by atoms with Gasteiger partial charge in [-0.05, 0) is 13.1 Å². The van der Waals surface area contributed by atoms with Gasteiger partial charge >= 0.3 is 0 Å². The van der Waals surface area contributed by atoms with E-state index in [0.717, 1.165) is 13.1 Å². The van der Waals surface area contributed by atoms with Gasteiger partial charge in [0.1, 0.15) is 12.5 Å². The molecule has 0 N–H and O–H groups in total. The topological polar surface area (TPSA) is 45.6 Å². The first-order valence-corrected chi connectivity index (χ1v) is 9.52. The summed E-state index contributed by atoms with van der Waals surface area (Å²) in [5, 5.41) is 0.144. The molecule has 2 aromatic rings. The van der Waals surface area contributed by atoms with Gasteiger partial charge in [0.25, 0.3) is 0 Å². The van der Waals surface area contributed by atoms with Gasteiger partial charge in [0.15, 0.2) is 11.7 Å². The maximum absolute atomic E-state index is 15.0. The van der Waals surface area contributed by atoms with E-state index < -0.39 is 24.0 Å². The van der Waals surface area contributed by atoms with Crippen LogP contribution in [0.25, 0.3) is 10.9 Å². The predicted molar refractivity (Wildman–Crippen MR) is 99.0 cm³/mol. The minimum Gasteiger partial charge on any atom is -0.366 e. The van der Waals surface area contributed by atoms with Crippen LogP contribution in [0, 0.1) is 5.82 Å². The SMILES string of the molecule is CN1CCN(c2c(F)cc3c(=O)c(C=O)cn4c3c2SCC4CF)CC1. The van der Waals surface area contributed by atoms with Gasteiger partial charge in [0.05, 0.1) is 33.1 Å². The number of benzene rings is 1. The maximum atomic E-state index is 15.0. The molecule has 138 valence electrons. The monoisotopic (exact) mass is 379 g/mol.